The van der Waals surface area contributed by atoms with Crippen LogP contribution in [0.15, 0.2) is 24.3 Å². The number of carbonyl (C=O) groups excluding carboxylic acids is 1. The Morgan fingerprint density at radius 2 is 2.05 bits per heavy atom. The fraction of sp³-hybridized carbons (Fsp3) is 0.529. The molecule has 1 aliphatic heterocycles. The molecule has 0 atom stereocenters. The van der Waals surface area contributed by atoms with E-state index in [1.807, 2.05) is 16.8 Å². The second kappa shape index (κ2) is 5.60. The Morgan fingerprint density at radius 3 is 2.76 bits per heavy atom. The largest absolute Gasteiger partial charge is 0.317 e. The maximum Gasteiger partial charge on any atom is 0.144 e. The third kappa shape index (κ3) is 2.60. The molecule has 4 heteroatoms. The molecule has 0 amide bonds. The second-order valence-electron chi connectivity index (χ2n) is 6.19. The Balaban J connectivity index is 1.89. The summed E-state index contributed by atoms with van der Waals surface area (Å²) < 4.78 is 1.99. The number of nitrogens with one attached hydrogen (secondary N) is 1. The van der Waals surface area contributed by atoms with Gasteiger partial charge in [-0.1, -0.05) is 25.1 Å². The van der Waals surface area contributed by atoms with Crippen LogP contribution in [0.2, 0.25) is 0 Å². The van der Waals surface area contributed by atoms with Gasteiger partial charge in [-0.25, -0.2) is 0 Å². The van der Waals surface area contributed by atoms with Gasteiger partial charge in [0.2, 0.25) is 0 Å². The van der Waals surface area contributed by atoms with Crippen molar-refractivity contribution in [1.29, 1.82) is 0 Å². The predicted molar refractivity (Wildman–Crippen MR) is 84.3 cm³/mol. The number of piperidine rings is 1. The van der Waals surface area contributed by atoms with E-state index in [4.69, 9.17) is 0 Å². The number of hydrogen-bond donors (Lipinski definition) is 1. The summed E-state index contributed by atoms with van der Waals surface area (Å²) in [5, 5.41) is 9.10. The lowest BCUT2D eigenvalue weighted by molar-refractivity contribution is -0.128. The summed E-state index contributed by atoms with van der Waals surface area (Å²) in [7, 11) is 0. The first-order chi connectivity index (χ1) is 10.1. The van der Waals surface area contributed by atoms with Gasteiger partial charge in [0.25, 0.3) is 0 Å². The lowest BCUT2D eigenvalue weighted by Crippen LogP contribution is -2.40. The van der Waals surface area contributed by atoms with Crippen molar-refractivity contribution in [3.05, 3.63) is 30.0 Å². The van der Waals surface area contributed by atoms with Crippen molar-refractivity contribution in [1.82, 2.24) is 15.1 Å². The topological polar surface area (TPSA) is 46.9 Å². The van der Waals surface area contributed by atoms with Crippen molar-refractivity contribution in [3.8, 4) is 0 Å². The molecule has 112 valence electrons. The molecule has 2 heterocycles. The van der Waals surface area contributed by atoms with Crippen LogP contribution in [0.3, 0.4) is 0 Å². The number of fused-ring (bicyclic) bond motifs is 1. The molecule has 0 spiro atoms. The zero-order valence-electron chi connectivity index (χ0n) is 12.9. The molecule has 2 aromatic rings. The fourth-order valence-corrected chi connectivity index (χ4v) is 3.19. The van der Waals surface area contributed by atoms with E-state index in [9.17, 15) is 4.79 Å². The Bertz CT molecular complexity index is 653. The minimum Gasteiger partial charge on any atom is -0.317 e. The van der Waals surface area contributed by atoms with Crippen LogP contribution >= 0.6 is 0 Å². The fourth-order valence-electron chi connectivity index (χ4n) is 3.19. The zero-order chi connectivity index (χ0) is 14.9. The number of ketones is 1. The van der Waals surface area contributed by atoms with E-state index >= 15 is 0 Å². The minimum atomic E-state index is -0.192. The predicted octanol–water partition coefficient (Wildman–Crippen LogP) is 2.56. The summed E-state index contributed by atoms with van der Waals surface area (Å²) in [5.74, 6) is 0.329. The van der Waals surface area contributed by atoms with E-state index < -0.39 is 0 Å². The molecule has 0 saturated carbocycles. The molecule has 1 N–H and O–H groups in total. The van der Waals surface area contributed by atoms with E-state index in [0.717, 1.165) is 49.1 Å². The molecule has 1 aromatic carbocycles. The number of aryl methyl sites for hydroxylation is 1. The van der Waals surface area contributed by atoms with Gasteiger partial charge in [0.15, 0.2) is 0 Å². The molecule has 0 bridgehead atoms. The Morgan fingerprint density at radius 1 is 1.33 bits per heavy atom. The number of nitrogens with zero attached hydrogens (tertiary/aromatic N) is 2. The van der Waals surface area contributed by atoms with Gasteiger partial charge in [-0.3, -0.25) is 9.48 Å². The normalized spacial score (nSPS) is 18.0. The molecule has 4 nitrogen and oxygen atoms in total. The highest BCUT2D eigenvalue weighted by Gasteiger charge is 2.34. The third-order valence-electron chi connectivity index (χ3n) is 4.74. The maximum absolute atomic E-state index is 12.8. The second-order valence-corrected chi connectivity index (χ2v) is 6.19. The van der Waals surface area contributed by atoms with E-state index in [1.54, 1.807) is 0 Å². The highest BCUT2D eigenvalue weighted by molar-refractivity contribution is 5.91. The number of aromatic nitrogens is 2. The lowest BCUT2D eigenvalue weighted by atomic mass is 9.76. The number of rotatable bonds is 4. The van der Waals surface area contributed by atoms with Gasteiger partial charge in [0.05, 0.1) is 17.6 Å². The summed E-state index contributed by atoms with van der Waals surface area (Å²) >= 11 is 0. The Hall–Kier alpha value is -1.68. The first-order valence-corrected chi connectivity index (χ1v) is 7.82. The molecule has 3 rings (SSSR count). The van der Waals surface area contributed by atoms with Gasteiger partial charge in [-0.2, -0.15) is 5.10 Å². The Kier molecular flexibility index (Phi) is 3.81. The van der Waals surface area contributed by atoms with E-state index in [-0.39, 0.29) is 5.41 Å². The van der Waals surface area contributed by atoms with Crippen LogP contribution in [-0.2, 0) is 17.8 Å². The highest BCUT2D eigenvalue weighted by Crippen LogP contribution is 2.31. The van der Waals surface area contributed by atoms with Crippen LogP contribution in [0.4, 0.5) is 0 Å². The highest BCUT2D eigenvalue weighted by atomic mass is 16.1. The zero-order valence-corrected chi connectivity index (χ0v) is 12.9. The lowest BCUT2D eigenvalue weighted by Gasteiger charge is -2.32. The summed E-state index contributed by atoms with van der Waals surface area (Å²) in [5.41, 5.74) is 1.86. The number of benzene rings is 1. The quantitative estimate of drug-likeness (QED) is 0.939. The van der Waals surface area contributed by atoms with Crippen molar-refractivity contribution >= 4 is 16.7 Å². The van der Waals surface area contributed by atoms with Crippen LogP contribution in [0.25, 0.3) is 10.9 Å². The number of hydrogen-bond acceptors (Lipinski definition) is 3. The number of carbonyl (C=O) groups is 1. The van der Waals surface area contributed by atoms with Crippen LogP contribution in [-0.4, -0.2) is 28.7 Å². The molecular weight excluding hydrogens is 262 g/mol. The van der Waals surface area contributed by atoms with E-state index in [2.05, 4.69) is 36.4 Å². The molecule has 1 aromatic heterocycles. The molecule has 0 radical (unpaired) electrons. The van der Waals surface area contributed by atoms with Gasteiger partial charge in [0.1, 0.15) is 5.78 Å². The summed E-state index contributed by atoms with van der Waals surface area (Å²) in [6.07, 6.45) is 2.31. The van der Waals surface area contributed by atoms with Gasteiger partial charge >= 0.3 is 0 Å². The van der Waals surface area contributed by atoms with Gasteiger partial charge < -0.3 is 5.32 Å². The number of Topliss-reactive ketones (excluding diaryl/α,β-unsaturated/α-hetero) is 1. The van der Waals surface area contributed by atoms with E-state index in [1.165, 1.54) is 0 Å². The van der Waals surface area contributed by atoms with Crippen LogP contribution in [0.1, 0.15) is 32.4 Å². The molecular formula is C17H23N3O. The smallest absolute Gasteiger partial charge is 0.144 e. The molecule has 0 aliphatic carbocycles. The van der Waals surface area contributed by atoms with Crippen LogP contribution in [0, 0.1) is 5.41 Å². The van der Waals surface area contributed by atoms with Crippen molar-refractivity contribution in [2.24, 2.45) is 5.41 Å². The third-order valence-corrected chi connectivity index (χ3v) is 4.74. The van der Waals surface area contributed by atoms with Crippen molar-refractivity contribution in [2.75, 3.05) is 13.1 Å². The summed E-state index contributed by atoms with van der Waals surface area (Å²) in [6, 6.07) is 8.19. The van der Waals surface area contributed by atoms with Crippen molar-refractivity contribution in [2.45, 2.75) is 39.7 Å². The summed E-state index contributed by atoms with van der Waals surface area (Å²) in [4.78, 5) is 12.8. The average molecular weight is 285 g/mol. The first kappa shape index (κ1) is 14.3. The molecule has 1 aliphatic rings. The molecule has 1 saturated heterocycles. The molecule has 1 fully saturated rings. The minimum absolute atomic E-state index is 0.192. The standard InChI is InChI=1S/C17H23N3O/c1-3-20-15-7-5-4-6-13(15)14(19-20)12-16(21)17(2)8-10-18-11-9-17/h4-7,18H,3,8-12H2,1-2H3. The van der Waals surface area contributed by atoms with Gasteiger partial charge in [0, 0.05) is 17.3 Å². The number of para-hydroxylation sites is 1. The van der Waals surface area contributed by atoms with E-state index in [0.29, 0.717) is 12.2 Å². The van der Waals surface area contributed by atoms with Gasteiger partial charge in [-0.05, 0) is 38.9 Å². The first-order valence-electron chi connectivity index (χ1n) is 7.82. The molecule has 0 unspecified atom stereocenters. The summed E-state index contributed by atoms with van der Waals surface area (Å²) in [6.45, 7) is 6.89. The monoisotopic (exact) mass is 285 g/mol. The van der Waals surface area contributed by atoms with Crippen LogP contribution < -0.4 is 5.32 Å². The van der Waals surface area contributed by atoms with Crippen molar-refractivity contribution < 1.29 is 4.79 Å². The maximum atomic E-state index is 12.8. The van der Waals surface area contributed by atoms with Crippen LogP contribution in [0.5, 0.6) is 0 Å². The van der Waals surface area contributed by atoms with Gasteiger partial charge in [-0.15, -0.1) is 0 Å². The SMILES string of the molecule is CCn1nc(CC(=O)C2(C)CCNCC2)c2ccccc21. The Labute approximate surface area is 125 Å². The van der Waals surface area contributed by atoms with Crippen molar-refractivity contribution in [3.63, 3.8) is 0 Å². The molecule has 21 heavy (non-hydrogen) atoms. The average Bonchev–Trinajstić information content (AvgIpc) is 2.86.